The third-order valence-corrected chi connectivity index (χ3v) is 1.10. The standard InChI is InChI=1S/C5H9N5O/c1-4-7-9-10(8-4)3-5(11)2-6/h2-3,6H2,1H3. The Kier molecular flexibility index (Phi) is 2.27. The molecule has 0 aromatic carbocycles. The topological polar surface area (TPSA) is 86.7 Å². The first-order valence-electron chi connectivity index (χ1n) is 3.18. The van der Waals surface area contributed by atoms with Crippen LogP contribution in [0.5, 0.6) is 0 Å². The number of ketones is 1. The Balaban J connectivity index is 2.57. The van der Waals surface area contributed by atoms with Crippen molar-refractivity contribution in [3.63, 3.8) is 0 Å². The molecule has 0 aliphatic carbocycles. The van der Waals surface area contributed by atoms with E-state index in [0.29, 0.717) is 5.82 Å². The number of Topliss-reactive ketones (excluding diaryl/α,β-unsaturated/α-hetero) is 1. The van der Waals surface area contributed by atoms with E-state index in [1.165, 1.54) is 4.80 Å². The number of hydrogen-bond donors (Lipinski definition) is 1. The first-order valence-corrected chi connectivity index (χ1v) is 3.18. The number of nitrogens with two attached hydrogens (primary N) is 1. The highest BCUT2D eigenvalue weighted by molar-refractivity contribution is 5.79. The molecule has 0 fully saturated rings. The Bertz CT molecular complexity index is 255. The smallest absolute Gasteiger partial charge is 0.171 e. The lowest BCUT2D eigenvalue weighted by Crippen LogP contribution is -2.20. The minimum Gasteiger partial charge on any atom is -0.324 e. The normalized spacial score (nSPS) is 10.0. The van der Waals surface area contributed by atoms with E-state index in [1.54, 1.807) is 6.92 Å². The molecule has 1 rings (SSSR count). The second-order valence-electron chi connectivity index (χ2n) is 2.11. The zero-order valence-electron chi connectivity index (χ0n) is 6.19. The van der Waals surface area contributed by atoms with Crippen LogP contribution in [-0.4, -0.2) is 32.5 Å². The number of hydrogen-bond acceptors (Lipinski definition) is 5. The van der Waals surface area contributed by atoms with Crippen molar-refractivity contribution < 1.29 is 4.79 Å². The van der Waals surface area contributed by atoms with Crippen molar-refractivity contribution in [1.29, 1.82) is 0 Å². The lowest BCUT2D eigenvalue weighted by molar-refractivity contribution is -0.118. The number of rotatable bonds is 3. The van der Waals surface area contributed by atoms with Gasteiger partial charge in [0, 0.05) is 0 Å². The quantitative estimate of drug-likeness (QED) is 0.574. The Labute approximate surface area is 63.4 Å². The number of carbonyl (C=O) groups is 1. The molecule has 0 saturated carbocycles. The van der Waals surface area contributed by atoms with Gasteiger partial charge in [0.25, 0.3) is 0 Å². The van der Waals surface area contributed by atoms with E-state index in [0.717, 1.165) is 0 Å². The Morgan fingerprint density at radius 3 is 2.91 bits per heavy atom. The fourth-order valence-corrected chi connectivity index (χ4v) is 0.613. The summed E-state index contributed by atoms with van der Waals surface area (Å²) >= 11 is 0. The molecular formula is C5H9N5O. The minimum absolute atomic E-state index is 0.0145. The molecule has 0 atom stereocenters. The van der Waals surface area contributed by atoms with Gasteiger partial charge >= 0.3 is 0 Å². The number of aromatic nitrogens is 4. The van der Waals surface area contributed by atoms with Gasteiger partial charge in [0.15, 0.2) is 11.6 Å². The van der Waals surface area contributed by atoms with E-state index in [-0.39, 0.29) is 18.9 Å². The maximum Gasteiger partial charge on any atom is 0.171 e. The van der Waals surface area contributed by atoms with Crippen LogP contribution in [0.3, 0.4) is 0 Å². The first-order chi connectivity index (χ1) is 5.22. The molecule has 0 unspecified atom stereocenters. The lowest BCUT2D eigenvalue weighted by Gasteiger charge is -1.92. The Morgan fingerprint density at radius 2 is 2.45 bits per heavy atom. The van der Waals surface area contributed by atoms with E-state index >= 15 is 0 Å². The molecule has 60 valence electrons. The van der Waals surface area contributed by atoms with Crippen LogP contribution in [-0.2, 0) is 11.3 Å². The molecule has 0 spiro atoms. The predicted octanol–water partition coefficient (Wildman–Crippen LogP) is -1.49. The molecule has 6 heteroatoms. The molecule has 1 heterocycles. The maximum absolute atomic E-state index is 10.7. The molecule has 0 saturated heterocycles. The zero-order chi connectivity index (χ0) is 8.27. The van der Waals surface area contributed by atoms with E-state index in [2.05, 4.69) is 15.4 Å². The van der Waals surface area contributed by atoms with Crippen molar-refractivity contribution in [2.45, 2.75) is 13.5 Å². The van der Waals surface area contributed by atoms with E-state index < -0.39 is 0 Å². The van der Waals surface area contributed by atoms with Gasteiger partial charge in [-0.2, -0.15) is 4.80 Å². The molecule has 0 amide bonds. The number of aryl methyl sites for hydroxylation is 1. The van der Waals surface area contributed by atoms with Gasteiger partial charge < -0.3 is 5.73 Å². The predicted molar refractivity (Wildman–Crippen MR) is 36.6 cm³/mol. The Hall–Kier alpha value is -1.30. The molecule has 6 nitrogen and oxygen atoms in total. The van der Waals surface area contributed by atoms with Crippen LogP contribution in [0.1, 0.15) is 5.82 Å². The first kappa shape index (κ1) is 7.80. The SMILES string of the molecule is Cc1nnn(CC(=O)CN)n1. The van der Waals surface area contributed by atoms with Gasteiger partial charge in [-0.1, -0.05) is 0 Å². The summed E-state index contributed by atoms with van der Waals surface area (Å²) in [5.41, 5.74) is 5.09. The van der Waals surface area contributed by atoms with Gasteiger partial charge in [0.05, 0.1) is 6.54 Å². The molecule has 11 heavy (non-hydrogen) atoms. The van der Waals surface area contributed by atoms with Crippen molar-refractivity contribution in [3.05, 3.63) is 5.82 Å². The average Bonchev–Trinajstić information content (AvgIpc) is 2.35. The highest BCUT2D eigenvalue weighted by Gasteiger charge is 2.02. The second kappa shape index (κ2) is 3.20. The minimum atomic E-state index is -0.109. The molecular weight excluding hydrogens is 146 g/mol. The fraction of sp³-hybridized carbons (Fsp3) is 0.600. The molecule has 0 aliphatic heterocycles. The number of carbonyl (C=O) groups excluding carboxylic acids is 1. The summed E-state index contributed by atoms with van der Waals surface area (Å²) in [5.74, 6) is 0.442. The van der Waals surface area contributed by atoms with E-state index in [9.17, 15) is 4.79 Å². The van der Waals surface area contributed by atoms with Crippen LogP contribution in [0.25, 0.3) is 0 Å². The summed E-state index contributed by atoms with van der Waals surface area (Å²) in [7, 11) is 0. The molecule has 0 bridgehead atoms. The van der Waals surface area contributed by atoms with Crippen molar-refractivity contribution in [1.82, 2.24) is 20.2 Å². The van der Waals surface area contributed by atoms with Crippen LogP contribution >= 0.6 is 0 Å². The number of tetrazole rings is 1. The summed E-state index contributed by atoms with van der Waals surface area (Å²) in [6.07, 6.45) is 0. The van der Waals surface area contributed by atoms with Crippen LogP contribution in [0.15, 0.2) is 0 Å². The summed E-state index contributed by atoms with van der Waals surface area (Å²) in [4.78, 5) is 12.0. The van der Waals surface area contributed by atoms with E-state index in [4.69, 9.17) is 5.73 Å². The summed E-state index contributed by atoms with van der Waals surface area (Å²) in [6.45, 7) is 1.83. The summed E-state index contributed by atoms with van der Waals surface area (Å²) in [5, 5.41) is 11.0. The van der Waals surface area contributed by atoms with Gasteiger partial charge in [-0.05, 0) is 12.1 Å². The Morgan fingerprint density at radius 1 is 1.73 bits per heavy atom. The maximum atomic E-state index is 10.7. The highest BCUT2D eigenvalue weighted by Crippen LogP contribution is 1.81. The molecule has 1 aromatic heterocycles. The summed E-state index contributed by atoms with van der Waals surface area (Å²) in [6, 6.07) is 0. The molecule has 1 aromatic rings. The van der Waals surface area contributed by atoms with Crippen LogP contribution in [0, 0.1) is 6.92 Å². The fourth-order valence-electron chi connectivity index (χ4n) is 0.613. The third kappa shape index (κ3) is 2.08. The van der Waals surface area contributed by atoms with Crippen LogP contribution in [0.4, 0.5) is 0 Å². The van der Waals surface area contributed by atoms with Crippen molar-refractivity contribution in [3.8, 4) is 0 Å². The van der Waals surface area contributed by atoms with Gasteiger partial charge in [0.1, 0.15) is 6.54 Å². The lowest BCUT2D eigenvalue weighted by atomic mass is 10.4. The average molecular weight is 155 g/mol. The van der Waals surface area contributed by atoms with E-state index in [1.807, 2.05) is 0 Å². The highest BCUT2D eigenvalue weighted by atomic mass is 16.1. The van der Waals surface area contributed by atoms with Crippen molar-refractivity contribution in [2.24, 2.45) is 5.73 Å². The largest absolute Gasteiger partial charge is 0.324 e. The van der Waals surface area contributed by atoms with Crippen LogP contribution < -0.4 is 5.73 Å². The number of nitrogens with zero attached hydrogens (tertiary/aromatic N) is 4. The van der Waals surface area contributed by atoms with Gasteiger partial charge in [0.2, 0.25) is 0 Å². The molecule has 2 N–H and O–H groups in total. The molecule has 0 aliphatic rings. The summed E-state index contributed by atoms with van der Waals surface area (Å²) < 4.78 is 0. The monoisotopic (exact) mass is 155 g/mol. The van der Waals surface area contributed by atoms with Crippen molar-refractivity contribution >= 4 is 5.78 Å². The van der Waals surface area contributed by atoms with Gasteiger partial charge in [-0.15, -0.1) is 10.2 Å². The van der Waals surface area contributed by atoms with Crippen LogP contribution in [0.2, 0.25) is 0 Å². The second-order valence-corrected chi connectivity index (χ2v) is 2.11. The zero-order valence-corrected chi connectivity index (χ0v) is 6.19. The molecule has 0 radical (unpaired) electrons. The third-order valence-electron chi connectivity index (χ3n) is 1.10. The van der Waals surface area contributed by atoms with Crippen molar-refractivity contribution in [2.75, 3.05) is 6.54 Å². The van der Waals surface area contributed by atoms with Gasteiger partial charge in [-0.25, -0.2) is 0 Å². The van der Waals surface area contributed by atoms with Gasteiger partial charge in [-0.3, -0.25) is 4.79 Å².